The molecule has 2 heterocycles. The summed E-state index contributed by atoms with van der Waals surface area (Å²) in [5, 5.41) is 6.96. The van der Waals surface area contributed by atoms with Crippen molar-refractivity contribution in [3.8, 4) is 5.88 Å². The molecule has 1 amide bonds. The van der Waals surface area contributed by atoms with Gasteiger partial charge < -0.3 is 10.1 Å². The normalized spacial score (nSPS) is 31.0. The summed E-state index contributed by atoms with van der Waals surface area (Å²) >= 11 is 0. The first-order valence-corrected chi connectivity index (χ1v) is 7.83. The molecule has 0 aromatic carbocycles. The van der Waals surface area contributed by atoms with Crippen LogP contribution in [0, 0.1) is 23.6 Å². The van der Waals surface area contributed by atoms with Gasteiger partial charge in [0.25, 0.3) is 5.91 Å². The highest BCUT2D eigenvalue weighted by molar-refractivity contribution is 5.93. The highest BCUT2D eigenvalue weighted by atomic mass is 19.1. The van der Waals surface area contributed by atoms with E-state index in [2.05, 4.69) is 10.4 Å². The van der Waals surface area contributed by atoms with Crippen LogP contribution in [-0.2, 0) is 6.54 Å². The Balaban J connectivity index is 1.46. The Labute approximate surface area is 122 Å². The smallest absolute Gasteiger partial charge is 0.275 e. The van der Waals surface area contributed by atoms with Crippen molar-refractivity contribution in [2.45, 2.75) is 45.2 Å². The van der Waals surface area contributed by atoms with Crippen LogP contribution in [0.5, 0.6) is 5.88 Å². The Bertz CT molecular complexity index is 586. The van der Waals surface area contributed by atoms with Crippen LogP contribution >= 0.6 is 0 Å². The fraction of sp³-hybridized carbons (Fsp3) is 0.733. The van der Waals surface area contributed by atoms with Gasteiger partial charge >= 0.3 is 0 Å². The Kier molecular flexibility index (Phi) is 2.94. The van der Waals surface area contributed by atoms with E-state index in [1.807, 2.05) is 6.92 Å². The second-order valence-corrected chi connectivity index (χ2v) is 6.64. The van der Waals surface area contributed by atoms with Crippen molar-refractivity contribution in [1.82, 2.24) is 15.1 Å². The maximum absolute atomic E-state index is 14.1. The lowest BCUT2D eigenvalue weighted by Gasteiger charge is -2.28. The molecule has 1 aliphatic heterocycles. The van der Waals surface area contributed by atoms with Crippen LogP contribution in [0.1, 0.15) is 43.1 Å². The topological polar surface area (TPSA) is 56.2 Å². The average Bonchev–Trinajstić information content (AvgIpc) is 3.20. The fourth-order valence-electron chi connectivity index (χ4n) is 4.38. The van der Waals surface area contributed by atoms with Gasteiger partial charge in [-0.15, -0.1) is 0 Å². The van der Waals surface area contributed by atoms with E-state index < -0.39 is 11.7 Å². The first-order valence-electron chi connectivity index (χ1n) is 7.83. The van der Waals surface area contributed by atoms with Crippen LogP contribution < -0.4 is 10.1 Å². The molecular formula is C15H20FN3O2. The summed E-state index contributed by atoms with van der Waals surface area (Å²) in [5.41, 5.74) is -0.139. The van der Waals surface area contributed by atoms with E-state index in [1.165, 1.54) is 30.4 Å². The predicted octanol–water partition coefficient (Wildman–Crippen LogP) is 1.97. The van der Waals surface area contributed by atoms with E-state index in [-0.39, 0.29) is 17.6 Å². The van der Waals surface area contributed by atoms with Gasteiger partial charge in [0.1, 0.15) is 6.61 Å². The van der Waals surface area contributed by atoms with Crippen molar-refractivity contribution in [3.05, 3.63) is 11.5 Å². The van der Waals surface area contributed by atoms with Gasteiger partial charge in [-0.1, -0.05) is 6.42 Å². The predicted molar refractivity (Wildman–Crippen MR) is 73.5 cm³/mol. The standard InChI is InChI=1S/C15H20FN3O2/c1-8(11-7-9-2-3-10(11)6-9)17-14(20)13-12(16)15-19(18-13)4-5-21-15/h8-11H,2-7H2,1H3,(H,17,20). The van der Waals surface area contributed by atoms with E-state index in [4.69, 9.17) is 4.74 Å². The summed E-state index contributed by atoms with van der Waals surface area (Å²) in [4.78, 5) is 12.3. The molecule has 6 heteroatoms. The number of carbonyl (C=O) groups excluding carboxylic acids is 1. The number of nitrogens with one attached hydrogen (secondary N) is 1. The molecule has 4 unspecified atom stereocenters. The molecule has 4 atom stereocenters. The second-order valence-electron chi connectivity index (χ2n) is 6.64. The zero-order chi connectivity index (χ0) is 14.6. The van der Waals surface area contributed by atoms with Crippen LogP contribution in [0.25, 0.3) is 0 Å². The molecule has 0 radical (unpaired) electrons. The van der Waals surface area contributed by atoms with E-state index in [9.17, 15) is 9.18 Å². The summed E-state index contributed by atoms with van der Waals surface area (Å²) in [6, 6.07) is 0.0738. The minimum absolute atomic E-state index is 0.0738. The number of amides is 1. The molecule has 1 aromatic rings. The highest BCUT2D eigenvalue weighted by Crippen LogP contribution is 2.49. The maximum Gasteiger partial charge on any atom is 0.275 e. The number of ether oxygens (including phenoxy) is 1. The Hall–Kier alpha value is -1.59. The maximum atomic E-state index is 14.1. The quantitative estimate of drug-likeness (QED) is 0.927. The summed E-state index contributed by atoms with van der Waals surface area (Å²) in [5.74, 6) is 1.12. The van der Waals surface area contributed by atoms with Gasteiger partial charge in [-0.25, -0.2) is 4.68 Å². The minimum atomic E-state index is -0.634. The van der Waals surface area contributed by atoms with Crippen LogP contribution in [0.3, 0.4) is 0 Å². The molecule has 114 valence electrons. The molecule has 1 N–H and O–H groups in total. The summed E-state index contributed by atoms with van der Waals surface area (Å²) in [6.45, 7) is 2.95. The molecule has 2 fully saturated rings. The highest BCUT2D eigenvalue weighted by Gasteiger charge is 2.42. The number of halogens is 1. The lowest BCUT2D eigenvalue weighted by molar-refractivity contribution is 0.0904. The first-order chi connectivity index (χ1) is 10.1. The third kappa shape index (κ3) is 2.03. The number of hydrogen-bond acceptors (Lipinski definition) is 3. The number of aromatic nitrogens is 2. The lowest BCUT2D eigenvalue weighted by Crippen LogP contribution is -2.40. The van der Waals surface area contributed by atoms with E-state index >= 15 is 0 Å². The summed E-state index contributed by atoms with van der Waals surface area (Å²) < 4.78 is 20.7. The Morgan fingerprint density at radius 2 is 2.33 bits per heavy atom. The van der Waals surface area contributed by atoms with Gasteiger partial charge in [-0.3, -0.25) is 4.79 Å². The molecule has 2 aliphatic carbocycles. The lowest BCUT2D eigenvalue weighted by atomic mass is 9.84. The van der Waals surface area contributed by atoms with Gasteiger partial charge in [-0.05, 0) is 43.9 Å². The molecule has 2 saturated carbocycles. The zero-order valence-corrected chi connectivity index (χ0v) is 12.1. The number of carbonyl (C=O) groups is 1. The first kappa shape index (κ1) is 13.1. The van der Waals surface area contributed by atoms with Crippen molar-refractivity contribution in [2.75, 3.05) is 6.61 Å². The molecule has 0 spiro atoms. The summed E-state index contributed by atoms with van der Waals surface area (Å²) in [6.07, 6.45) is 5.10. The van der Waals surface area contributed by atoms with Crippen molar-refractivity contribution < 1.29 is 13.9 Å². The van der Waals surface area contributed by atoms with Crippen molar-refractivity contribution in [1.29, 1.82) is 0 Å². The van der Waals surface area contributed by atoms with Gasteiger partial charge in [0, 0.05) is 6.04 Å². The average molecular weight is 293 g/mol. The number of nitrogens with zero attached hydrogens (tertiary/aromatic N) is 2. The van der Waals surface area contributed by atoms with E-state index in [1.54, 1.807) is 0 Å². The number of hydrogen-bond donors (Lipinski definition) is 1. The largest absolute Gasteiger partial charge is 0.474 e. The van der Waals surface area contributed by atoms with Crippen LogP contribution in [-0.4, -0.2) is 28.3 Å². The number of fused-ring (bicyclic) bond motifs is 3. The Morgan fingerprint density at radius 3 is 3.00 bits per heavy atom. The van der Waals surface area contributed by atoms with Crippen molar-refractivity contribution in [2.24, 2.45) is 17.8 Å². The SMILES string of the molecule is CC(NC(=O)c1nn2c(c1F)OCC2)C1CC2CCC1C2. The van der Waals surface area contributed by atoms with Crippen LogP contribution in [0.2, 0.25) is 0 Å². The van der Waals surface area contributed by atoms with Gasteiger partial charge in [0.2, 0.25) is 11.7 Å². The fourth-order valence-corrected chi connectivity index (χ4v) is 4.38. The van der Waals surface area contributed by atoms with Crippen molar-refractivity contribution >= 4 is 5.91 Å². The molecule has 2 bridgehead atoms. The second kappa shape index (κ2) is 4.71. The van der Waals surface area contributed by atoms with Gasteiger partial charge in [-0.2, -0.15) is 9.49 Å². The van der Waals surface area contributed by atoms with E-state index in [0.717, 1.165) is 11.8 Å². The molecule has 21 heavy (non-hydrogen) atoms. The van der Waals surface area contributed by atoms with Crippen molar-refractivity contribution in [3.63, 3.8) is 0 Å². The number of rotatable bonds is 3. The van der Waals surface area contributed by atoms with Gasteiger partial charge in [0.05, 0.1) is 6.54 Å². The monoisotopic (exact) mass is 293 g/mol. The van der Waals surface area contributed by atoms with Crippen LogP contribution in [0.15, 0.2) is 0 Å². The minimum Gasteiger partial charge on any atom is -0.474 e. The molecule has 4 rings (SSSR count). The zero-order valence-electron chi connectivity index (χ0n) is 12.1. The van der Waals surface area contributed by atoms with E-state index in [0.29, 0.717) is 19.1 Å². The molecule has 3 aliphatic rings. The van der Waals surface area contributed by atoms with Crippen LogP contribution in [0.4, 0.5) is 4.39 Å². The Morgan fingerprint density at radius 1 is 1.48 bits per heavy atom. The molecule has 5 nitrogen and oxygen atoms in total. The van der Waals surface area contributed by atoms with Gasteiger partial charge in [0.15, 0.2) is 5.69 Å². The molecule has 0 saturated heterocycles. The molecule has 1 aromatic heterocycles. The third-order valence-electron chi connectivity index (χ3n) is 5.40. The molecular weight excluding hydrogens is 273 g/mol. The third-order valence-corrected chi connectivity index (χ3v) is 5.40. The summed E-state index contributed by atoms with van der Waals surface area (Å²) in [7, 11) is 0.